The minimum Gasteiger partial charge on any atom is -0.351 e. The second-order valence-electron chi connectivity index (χ2n) is 4.67. The molecule has 2 heterocycles. The van der Waals surface area contributed by atoms with Crippen LogP contribution in [0.3, 0.4) is 0 Å². The molecule has 18 heavy (non-hydrogen) atoms. The normalized spacial score (nSPS) is 19.1. The molecule has 1 aliphatic rings. The highest BCUT2D eigenvalue weighted by molar-refractivity contribution is 9.10. The maximum Gasteiger partial charge on any atom is 0.267 e. The molecule has 2 rings (SSSR count). The Bertz CT molecular complexity index is 410. The van der Waals surface area contributed by atoms with Crippen molar-refractivity contribution in [2.45, 2.75) is 38.8 Å². The van der Waals surface area contributed by atoms with Crippen molar-refractivity contribution in [3.8, 4) is 0 Å². The van der Waals surface area contributed by atoms with Crippen molar-refractivity contribution in [3.05, 3.63) is 22.4 Å². The number of carbonyl (C=O) groups excluding carboxylic acids is 1. The van der Waals surface area contributed by atoms with Crippen LogP contribution in [0, 0.1) is 0 Å². The summed E-state index contributed by atoms with van der Waals surface area (Å²) in [5.41, 5.74) is 0.726. The van der Waals surface area contributed by atoms with Crippen molar-refractivity contribution in [3.63, 3.8) is 0 Å². The van der Waals surface area contributed by atoms with Gasteiger partial charge in [0.25, 0.3) is 5.91 Å². The maximum atomic E-state index is 12.0. The van der Waals surface area contributed by atoms with E-state index >= 15 is 0 Å². The van der Waals surface area contributed by atoms with Crippen LogP contribution in [0.15, 0.2) is 16.7 Å². The molecule has 0 unspecified atom stereocenters. The highest BCUT2D eigenvalue weighted by Gasteiger charge is 2.15. The topological polar surface area (TPSA) is 46.1 Å². The summed E-state index contributed by atoms with van der Waals surface area (Å²) in [6.45, 7) is 4.69. The second-order valence-corrected chi connectivity index (χ2v) is 5.58. The molecule has 0 radical (unpaired) electrons. The standard InChI is InChI=1S/C13H20BrN3O/c1-2-17-9-10(14)8-12(17)13(18)16-7-5-11-4-3-6-15-11/h8-9,11,15H,2-7H2,1H3,(H,16,18)/t11-/m1/s1. The van der Waals surface area contributed by atoms with Crippen LogP contribution in [0.2, 0.25) is 0 Å². The van der Waals surface area contributed by atoms with Gasteiger partial charge in [0.15, 0.2) is 0 Å². The fraction of sp³-hybridized carbons (Fsp3) is 0.615. The van der Waals surface area contributed by atoms with Crippen LogP contribution in [-0.2, 0) is 6.54 Å². The van der Waals surface area contributed by atoms with Crippen LogP contribution >= 0.6 is 15.9 Å². The minimum absolute atomic E-state index is 0.0144. The lowest BCUT2D eigenvalue weighted by atomic mass is 10.1. The van der Waals surface area contributed by atoms with Gasteiger partial charge < -0.3 is 15.2 Å². The zero-order chi connectivity index (χ0) is 13.0. The lowest BCUT2D eigenvalue weighted by Gasteiger charge is -2.11. The van der Waals surface area contributed by atoms with E-state index in [9.17, 15) is 4.79 Å². The summed E-state index contributed by atoms with van der Waals surface area (Å²) in [6.07, 6.45) is 5.43. The smallest absolute Gasteiger partial charge is 0.267 e. The molecule has 0 aromatic carbocycles. The van der Waals surface area contributed by atoms with Crippen molar-refractivity contribution in [2.24, 2.45) is 0 Å². The van der Waals surface area contributed by atoms with Crippen LogP contribution in [0.5, 0.6) is 0 Å². The first-order valence-electron chi connectivity index (χ1n) is 6.58. The molecule has 1 amide bonds. The van der Waals surface area contributed by atoms with Crippen LogP contribution in [-0.4, -0.2) is 29.6 Å². The molecular formula is C13H20BrN3O. The van der Waals surface area contributed by atoms with Gasteiger partial charge in [0.2, 0.25) is 0 Å². The van der Waals surface area contributed by atoms with Gasteiger partial charge in [-0.2, -0.15) is 0 Å². The second kappa shape index (κ2) is 6.38. The third kappa shape index (κ3) is 3.36. The Balaban J connectivity index is 1.83. The number of nitrogens with zero attached hydrogens (tertiary/aromatic N) is 1. The summed E-state index contributed by atoms with van der Waals surface area (Å²) in [5, 5.41) is 6.43. The molecule has 1 aromatic rings. The van der Waals surface area contributed by atoms with E-state index < -0.39 is 0 Å². The number of aryl methyl sites for hydroxylation is 1. The lowest BCUT2D eigenvalue weighted by molar-refractivity contribution is 0.0943. The summed E-state index contributed by atoms with van der Waals surface area (Å²) in [7, 11) is 0. The quantitative estimate of drug-likeness (QED) is 0.875. The number of nitrogens with one attached hydrogen (secondary N) is 2. The van der Waals surface area contributed by atoms with Gasteiger partial charge in [0.05, 0.1) is 0 Å². The average molecular weight is 314 g/mol. The van der Waals surface area contributed by atoms with Crippen molar-refractivity contribution in [1.29, 1.82) is 0 Å². The molecule has 4 nitrogen and oxygen atoms in total. The number of amides is 1. The van der Waals surface area contributed by atoms with E-state index in [1.165, 1.54) is 12.8 Å². The fourth-order valence-corrected chi connectivity index (χ4v) is 2.84. The van der Waals surface area contributed by atoms with Crippen molar-refractivity contribution >= 4 is 21.8 Å². The van der Waals surface area contributed by atoms with Gasteiger partial charge in [-0.25, -0.2) is 0 Å². The zero-order valence-corrected chi connectivity index (χ0v) is 12.3. The highest BCUT2D eigenvalue weighted by Crippen LogP contribution is 2.15. The molecule has 1 aromatic heterocycles. The Labute approximate surface area is 116 Å². The summed E-state index contributed by atoms with van der Waals surface area (Å²) in [5.74, 6) is 0.0144. The molecular weight excluding hydrogens is 294 g/mol. The Morgan fingerprint density at radius 1 is 1.67 bits per heavy atom. The summed E-state index contributed by atoms with van der Waals surface area (Å²) >= 11 is 3.40. The Morgan fingerprint density at radius 2 is 2.50 bits per heavy atom. The van der Waals surface area contributed by atoms with Crippen molar-refractivity contribution < 1.29 is 4.79 Å². The first-order chi connectivity index (χ1) is 8.70. The van der Waals surface area contributed by atoms with Crippen molar-refractivity contribution in [2.75, 3.05) is 13.1 Å². The zero-order valence-electron chi connectivity index (χ0n) is 10.7. The fourth-order valence-electron chi connectivity index (χ4n) is 2.38. The average Bonchev–Trinajstić information content (AvgIpc) is 2.98. The number of carbonyl (C=O) groups is 1. The van der Waals surface area contributed by atoms with Crippen LogP contribution < -0.4 is 10.6 Å². The van der Waals surface area contributed by atoms with E-state index in [0.29, 0.717) is 6.04 Å². The Kier molecular flexibility index (Phi) is 4.83. The largest absolute Gasteiger partial charge is 0.351 e. The van der Waals surface area contributed by atoms with Gasteiger partial charge in [-0.05, 0) is 54.7 Å². The highest BCUT2D eigenvalue weighted by atomic mass is 79.9. The SMILES string of the molecule is CCn1cc(Br)cc1C(=O)NCC[C@H]1CCCN1. The molecule has 0 bridgehead atoms. The van der Waals surface area contributed by atoms with E-state index in [0.717, 1.165) is 36.2 Å². The number of aromatic nitrogens is 1. The minimum atomic E-state index is 0.0144. The summed E-state index contributed by atoms with van der Waals surface area (Å²) < 4.78 is 2.90. The Morgan fingerprint density at radius 3 is 3.17 bits per heavy atom. The molecule has 1 fully saturated rings. The molecule has 0 aliphatic carbocycles. The maximum absolute atomic E-state index is 12.0. The van der Waals surface area contributed by atoms with Gasteiger partial charge >= 0.3 is 0 Å². The molecule has 1 aliphatic heterocycles. The molecule has 0 saturated carbocycles. The van der Waals surface area contributed by atoms with E-state index in [4.69, 9.17) is 0 Å². The summed E-state index contributed by atoms with van der Waals surface area (Å²) in [6, 6.07) is 2.45. The van der Waals surface area contributed by atoms with Gasteiger partial charge in [0.1, 0.15) is 5.69 Å². The molecule has 1 atom stereocenters. The first kappa shape index (κ1) is 13.6. The molecule has 5 heteroatoms. The first-order valence-corrected chi connectivity index (χ1v) is 7.37. The van der Waals surface area contributed by atoms with Crippen LogP contribution in [0.25, 0.3) is 0 Å². The predicted octanol–water partition coefficient (Wildman–Crippen LogP) is 2.14. The number of hydrogen-bond donors (Lipinski definition) is 2. The van der Waals surface area contributed by atoms with Crippen LogP contribution in [0.4, 0.5) is 0 Å². The predicted molar refractivity (Wildman–Crippen MR) is 75.8 cm³/mol. The van der Waals surface area contributed by atoms with Crippen molar-refractivity contribution in [1.82, 2.24) is 15.2 Å². The van der Waals surface area contributed by atoms with E-state index in [1.54, 1.807) is 0 Å². The summed E-state index contributed by atoms with van der Waals surface area (Å²) in [4.78, 5) is 12.0. The van der Waals surface area contributed by atoms with E-state index in [1.807, 2.05) is 23.8 Å². The molecule has 2 N–H and O–H groups in total. The Hall–Kier alpha value is -0.810. The van der Waals surface area contributed by atoms with Gasteiger partial charge in [-0.15, -0.1) is 0 Å². The number of rotatable bonds is 5. The molecule has 0 spiro atoms. The van der Waals surface area contributed by atoms with Gasteiger partial charge in [0, 0.05) is 29.8 Å². The molecule has 1 saturated heterocycles. The van der Waals surface area contributed by atoms with E-state index in [-0.39, 0.29) is 5.91 Å². The van der Waals surface area contributed by atoms with Gasteiger partial charge in [-0.3, -0.25) is 4.79 Å². The number of halogens is 1. The lowest BCUT2D eigenvalue weighted by Crippen LogP contribution is -2.31. The van der Waals surface area contributed by atoms with Crippen LogP contribution in [0.1, 0.15) is 36.7 Å². The third-order valence-electron chi connectivity index (χ3n) is 3.38. The number of hydrogen-bond acceptors (Lipinski definition) is 2. The monoisotopic (exact) mass is 313 g/mol. The third-order valence-corrected chi connectivity index (χ3v) is 3.81. The van der Waals surface area contributed by atoms with Gasteiger partial charge in [-0.1, -0.05) is 0 Å². The van der Waals surface area contributed by atoms with E-state index in [2.05, 4.69) is 26.6 Å². The molecule has 100 valence electrons.